The van der Waals surface area contributed by atoms with Crippen LogP contribution in [0, 0.1) is 0 Å². The molecule has 2 rings (SSSR count). The van der Waals surface area contributed by atoms with Crippen LogP contribution in [-0.4, -0.2) is 16.8 Å². The normalized spacial score (nSPS) is 11.7. The maximum atomic E-state index is 12.3. The Labute approximate surface area is 150 Å². The highest BCUT2D eigenvalue weighted by molar-refractivity contribution is 6.34. The lowest BCUT2D eigenvalue weighted by Gasteiger charge is -2.15. The zero-order valence-corrected chi connectivity index (χ0v) is 14.8. The number of rotatable bonds is 5. The molecule has 0 aliphatic rings. The van der Waals surface area contributed by atoms with Crippen molar-refractivity contribution in [3.05, 3.63) is 57.8 Å². The van der Waals surface area contributed by atoms with Crippen molar-refractivity contribution in [2.24, 2.45) is 0 Å². The molecule has 1 aromatic heterocycles. The first-order valence-electron chi connectivity index (χ1n) is 7.43. The fourth-order valence-electron chi connectivity index (χ4n) is 2.04. The van der Waals surface area contributed by atoms with Crippen LogP contribution in [0.1, 0.15) is 42.2 Å². The molecule has 2 N–H and O–H groups in total. The standard InChI is InChI=1S/C17H17Cl2N3O2/c1-3-15(23)21-12-6-4-11(5-7-12)10(2)20-17(24)13-8-9-14(18)22-16(13)19/h4-10H,3H2,1-2H3,(H,20,24)(H,21,23). The minimum atomic E-state index is -0.333. The van der Waals surface area contributed by atoms with Crippen LogP contribution in [0.3, 0.4) is 0 Å². The molecule has 2 aromatic rings. The summed E-state index contributed by atoms with van der Waals surface area (Å²) in [5, 5.41) is 5.91. The minimum absolute atomic E-state index is 0.0472. The van der Waals surface area contributed by atoms with Gasteiger partial charge in [0.25, 0.3) is 5.91 Å². The van der Waals surface area contributed by atoms with Gasteiger partial charge in [0, 0.05) is 12.1 Å². The van der Waals surface area contributed by atoms with Gasteiger partial charge in [-0.3, -0.25) is 9.59 Å². The zero-order chi connectivity index (χ0) is 17.7. The fraction of sp³-hybridized carbons (Fsp3) is 0.235. The number of anilines is 1. The summed E-state index contributed by atoms with van der Waals surface area (Å²) >= 11 is 11.7. The average Bonchev–Trinajstić information content (AvgIpc) is 2.55. The molecule has 126 valence electrons. The summed E-state index contributed by atoms with van der Waals surface area (Å²) in [4.78, 5) is 27.5. The van der Waals surface area contributed by atoms with E-state index < -0.39 is 0 Å². The number of carbonyl (C=O) groups excluding carboxylic acids is 2. The summed E-state index contributed by atoms with van der Waals surface area (Å²) in [6.07, 6.45) is 0.421. The van der Waals surface area contributed by atoms with Crippen LogP contribution in [0.4, 0.5) is 5.69 Å². The van der Waals surface area contributed by atoms with E-state index in [2.05, 4.69) is 15.6 Å². The van der Waals surface area contributed by atoms with E-state index in [9.17, 15) is 9.59 Å². The Morgan fingerprint density at radius 1 is 1.12 bits per heavy atom. The van der Waals surface area contributed by atoms with Gasteiger partial charge >= 0.3 is 0 Å². The van der Waals surface area contributed by atoms with E-state index in [0.717, 1.165) is 5.56 Å². The van der Waals surface area contributed by atoms with Crippen LogP contribution >= 0.6 is 23.2 Å². The number of hydrogen-bond acceptors (Lipinski definition) is 3. The number of nitrogens with zero attached hydrogens (tertiary/aromatic N) is 1. The molecule has 1 unspecified atom stereocenters. The lowest BCUT2D eigenvalue weighted by molar-refractivity contribution is -0.115. The van der Waals surface area contributed by atoms with Gasteiger partial charge in [0.1, 0.15) is 10.3 Å². The van der Waals surface area contributed by atoms with Crippen LogP contribution in [-0.2, 0) is 4.79 Å². The molecular formula is C17H17Cl2N3O2. The van der Waals surface area contributed by atoms with Gasteiger partial charge in [-0.15, -0.1) is 0 Å². The van der Waals surface area contributed by atoms with Crippen molar-refractivity contribution in [3.63, 3.8) is 0 Å². The first kappa shape index (κ1) is 18.2. The summed E-state index contributed by atoms with van der Waals surface area (Å²) in [5.41, 5.74) is 1.88. The molecule has 1 aromatic carbocycles. The Morgan fingerprint density at radius 3 is 2.38 bits per heavy atom. The van der Waals surface area contributed by atoms with Gasteiger partial charge in [0.05, 0.1) is 11.6 Å². The van der Waals surface area contributed by atoms with Crippen LogP contribution in [0.2, 0.25) is 10.3 Å². The van der Waals surface area contributed by atoms with Gasteiger partial charge in [-0.05, 0) is 36.8 Å². The molecule has 24 heavy (non-hydrogen) atoms. The molecule has 5 nitrogen and oxygen atoms in total. The van der Waals surface area contributed by atoms with Crippen molar-refractivity contribution in [1.29, 1.82) is 0 Å². The van der Waals surface area contributed by atoms with Gasteiger partial charge in [-0.1, -0.05) is 42.3 Å². The number of benzene rings is 1. The molecule has 0 aliphatic carbocycles. The molecule has 0 fully saturated rings. The summed E-state index contributed by atoms with van der Waals surface area (Å²) in [6, 6.07) is 10.1. The Kier molecular flexibility index (Phi) is 6.17. The van der Waals surface area contributed by atoms with Gasteiger partial charge < -0.3 is 10.6 Å². The highest BCUT2D eigenvalue weighted by Crippen LogP contribution is 2.20. The van der Waals surface area contributed by atoms with Crippen molar-refractivity contribution in [3.8, 4) is 0 Å². The Bertz CT molecular complexity index is 748. The van der Waals surface area contributed by atoms with Crippen molar-refractivity contribution in [2.45, 2.75) is 26.3 Å². The highest BCUT2D eigenvalue weighted by atomic mass is 35.5. The molecule has 0 radical (unpaired) electrons. The summed E-state index contributed by atoms with van der Waals surface area (Å²) in [7, 11) is 0. The molecule has 0 aliphatic heterocycles. The number of hydrogen-bond donors (Lipinski definition) is 2. The van der Waals surface area contributed by atoms with Crippen LogP contribution in [0.5, 0.6) is 0 Å². The maximum absolute atomic E-state index is 12.3. The minimum Gasteiger partial charge on any atom is -0.345 e. The molecule has 0 saturated heterocycles. The second-order valence-corrected chi connectivity index (χ2v) is 5.94. The van der Waals surface area contributed by atoms with E-state index in [1.165, 1.54) is 12.1 Å². The van der Waals surface area contributed by atoms with Crippen molar-refractivity contribution in [1.82, 2.24) is 10.3 Å². The largest absolute Gasteiger partial charge is 0.345 e. The molecule has 2 amide bonds. The molecule has 7 heteroatoms. The first-order chi connectivity index (χ1) is 11.4. The van der Waals surface area contributed by atoms with Gasteiger partial charge in [0.2, 0.25) is 5.91 Å². The van der Waals surface area contributed by atoms with Crippen molar-refractivity contribution in [2.75, 3.05) is 5.32 Å². The van der Waals surface area contributed by atoms with E-state index in [0.29, 0.717) is 12.1 Å². The molecule has 1 heterocycles. The number of halogens is 2. The Morgan fingerprint density at radius 2 is 1.79 bits per heavy atom. The number of carbonyl (C=O) groups is 2. The van der Waals surface area contributed by atoms with Gasteiger partial charge in [0.15, 0.2) is 0 Å². The quantitative estimate of drug-likeness (QED) is 0.778. The number of nitrogens with one attached hydrogen (secondary N) is 2. The summed E-state index contributed by atoms with van der Waals surface area (Å²) in [6.45, 7) is 3.65. The lowest BCUT2D eigenvalue weighted by atomic mass is 10.1. The van der Waals surface area contributed by atoms with E-state index >= 15 is 0 Å². The van der Waals surface area contributed by atoms with Crippen LogP contribution < -0.4 is 10.6 Å². The zero-order valence-electron chi connectivity index (χ0n) is 13.3. The third-order valence-electron chi connectivity index (χ3n) is 3.42. The predicted molar refractivity (Wildman–Crippen MR) is 95.5 cm³/mol. The third kappa shape index (κ3) is 4.69. The van der Waals surface area contributed by atoms with Gasteiger partial charge in [-0.2, -0.15) is 0 Å². The fourth-order valence-corrected chi connectivity index (χ4v) is 2.47. The van der Waals surface area contributed by atoms with E-state index in [1.807, 2.05) is 19.1 Å². The van der Waals surface area contributed by atoms with Crippen LogP contribution in [0.25, 0.3) is 0 Å². The summed E-state index contributed by atoms with van der Waals surface area (Å²) in [5.74, 6) is -0.381. The predicted octanol–water partition coefficient (Wildman–Crippen LogP) is 4.23. The van der Waals surface area contributed by atoms with Crippen LogP contribution in [0.15, 0.2) is 36.4 Å². The molecule has 0 saturated carbocycles. The number of pyridine rings is 1. The van der Waals surface area contributed by atoms with Crippen molar-refractivity contribution >= 4 is 40.7 Å². The molecule has 0 spiro atoms. The monoisotopic (exact) mass is 365 g/mol. The topological polar surface area (TPSA) is 71.1 Å². The number of amides is 2. The smallest absolute Gasteiger partial charge is 0.254 e. The second-order valence-electron chi connectivity index (χ2n) is 5.19. The van der Waals surface area contributed by atoms with E-state index in [4.69, 9.17) is 23.2 Å². The molecular weight excluding hydrogens is 349 g/mol. The number of aromatic nitrogens is 1. The second kappa shape index (κ2) is 8.13. The molecule has 1 atom stereocenters. The van der Waals surface area contributed by atoms with Gasteiger partial charge in [-0.25, -0.2) is 4.98 Å². The average molecular weight is 366 g/mol. The Hall–Kier alpha value is -2.11. The first-order valence-corrected chi connectivity index (χ1v) is 8.19. The molecule has 0 bridgehead atoms. The van der Waals surface area contributed by atoms with Crippen molar-refractivity contribution < 1.29 is 9.59 Å². The highest BCUT2D eigenvalue weighted by Gasteiger charge is 2.15. The SMILES string of the molecule is CCC(=O)Nc1ccc(C(C)NC(=O)c2ccc(Cl)nc2Cl)cc1. The lowest BCUT2D eigenvalue weighted by Crippen LogP contribution is -2.27. The van der Waals surface area contributed by atoms with E-state index in [-0.39, 0.29) is 33.7 Å². The Balaban J connectivity index is 2.04. The summed E-state index contributed by atoms with van der Waals surface area (Å²) < 4.78 is 0. The van der Waals surface area contributed by atoms with E-state index in [1.54, 1.807) is 19.1 Å². The maximum Gasteiger partial charge on any atom is 0.254 e. The third-order valence-corrected chi connectivity index (χ3v) is 3.92.